The molecular weight excluding hydrogens is 537 g/mol. The van der Waals surface area contributed by atoms with Crippen molar-refractivity contribution >= 4 is 40.0 Å². The molecule has 1 fully saturated rings. The van der Waals surface area contributed by atoms with Gasteiger partial charge in [-0.1, -0.05) is 29.8 Å². The highest BCUT2D eigenvalue weighted by Gasteiger charge is 2.27. The quantitative estimate of drug-likeness (QED) is 0.334. The number of anilines is 2. The lowest BCUT2D eigenvalue weighted by molar-refractivity contribution is 0.0695. The van der Waals surface area contributed by atoms with Gasteiger partial charge in [0.25, 0.3) is 0 Å². The van der Waals surface area contributed by atoms with Crippen LogP contribution < -0.4 is 15.2 Å². The summed E-state index contributed by atoms with van der Waals surface area (Å²) in [7, 11) is 0. The predicted molar refractivity (Wildman–Crippen MR) is 149 cm³/mol. The van der Waals surface area contributed by atoms with Gasteiger partial charge in [0.05, 0.1) is 28.2 Å². The Hall–Kier alpha value is -4.77. The van der Waals surface area contributed by atoms with Gasteiger partial charge in [-0.25, -0.2) is 23.8 Å². The van der Waals surface area contributed by atoms with Crippen LogP contribution in [0.25, 0.3) is 16.6 Å². The lowest BCUT2D eigenvalue weighted by Crippen LogP contribution is -2.47. The Balaban J connectivity index is 1.42. The molecule has 0 aliphatic carbocycles. The van der Waals surface area contributed by atoms with E-state index in [-0.39, 0.29) is 21.6 Å². The van der Waals surface area contributed by atoms with Gasteiger partial charge < -0.3 is 19.5 Å². The van der Waals surface area contributed by atoms with E-state index in [1.54, 1.807) is 29.3 Å². The van der Waals surface area contributed by atoms with Gasteiger partial charge in [0.2, 0.25) is 5.43 Å². The third kappa shape index (κ3) is 4.64. The van der Waals surface area contributed by atoms with E-state index in [2.05, 4.69) is 20.0 Å². The highest BCUT2D eigenvalue weighted by atomic mass is 35.5. The van der Waals surface area contributed by atoms with Gasteiger partial charge in [-0.2, -0.15) is 5.10 Å². The molecule has 1 aliphatic heterocycles. The number of pyridine rings is 2. The van der Waals surface area contributed by atoms with E-state index < -0.39 is 22.8 Å². The zero-order valence-electron chi connectivity index (χ0n) is 21.1. The van der Waals surface area contributed by atoms with Crippen LogP contribution in [-0.2, 0) is 6.54 Å². The predicted octanol–water partition coefficient (Wildman–Crippen LogP) is 3.84. The number of hydrogen-bond acceptors (Lipinski definition) is 7. The fraction of sp³-hybridized carbons (Fsp3) is 0.179. The molecule has 5 aromatic rings. The normalized spacial score (nSPS) is 13.7. The Labute approximate surface area is 232 Å². The first-order valence-corrected chi connectivity index (χ1v) is 12.9. The number of aromatic nitrogens is 5. The molecule has 2 aromatic carbocycles. The number of carboxylic acid groups (broad SMARTS) is 1. The first kappa shape index (κ1) is 25.5. The first-order chi connectivity index (χ1) is 19.4. The van der Waals surface area contributed by atoms with Gasteiger partial charge in [-0.05, 0) is 35.9 Å². The number of carboxylic acids is 1. The highest BCUT2D eigenvalue weighted by Crippen LogP contribution is 2.37. The van der Waals surface area contributed by atoms with Crippen molar-refractivity contribution in [3.8, 4) is 5.69 Å². The van der Waals surface area contributed by atoms with Crippen molar-refractivity contribution in [1.82, 2.24) is 24.3 Å². The minimum absolute atomic E-state index is 0.0435. The van der Waals surface area contributed by atoms with Crippen molar-refractivity contribution in [3.63, 3.8) is 0 Å². The molecule has 40 heavy (non-hydrogen) atoms. The maximum Gasteiger partial charge on any atom is 0.341 e. The molecule has 0 atom stereocenters. The van der Waals surface area contributed by atoms with Crippen molar-refractivity contribution in [2.75, 3.05) is 36.0 Å². The maximum absolute atomic E-state index is 15.6. The molecule has 202 valence electrons. The minimum Gasteiger partial charge on any atom is -0.477 e. The summed E-state index contributed by atoms with van der Waals surface area (Å²) in [6, 6.07) is 14.1. The van der Waals surface area contributed by atoms with Crippen molar-refractivity contribution in [2.45, 2.75) is 6.54 Å². The van der Waals surface area contributed by atoms with E-state index >= 15 is 4.39 Å². The van der Waals surface area contributed by atoms with E-state index in [1.165, 1.54) is 17.1 Å². The summed E-state index contributed by atoms with van der Waals surface area (Å²) in [6.07, 6.45) is 6.03. The van der Waals surface area contributed by atoms with Crippen LogP contribution in [0.15, 0.2) is 78.4 Å². The second-order valence-corrected chi connectivity index (χ2v) is 9.76. The molecule has 1 N–H and O–H groups in total. The average Bonchev–Trinajstić information content (AvgIpc) is 3.48. The van der Waals surface area contributed by atoms with Crippen LogP contribution in [0.3, 0.4) is 0 Å². The number of benzene rings is 2. The molecule has 3 aromatic heterocycles. The van der Waals surface area contributed by atoms with E-state index in [9.17, 15) is 14.7 Å². The fourth-order valence-electron chi connectivity index (χ4n) is 5.01. The lowest BCUT2D eigenvalue weighted by Gasteiger charge is -2.37. The van der Waals surface area contributed by atoms with E-state index in [0.717, 1.165) is 17.4 Å². The van der Waals surface area contributed by atoms with Crippen LogP contribution >= 0.6 is 11.6 Å². The first-order valence-electron chi connectivity index (χ1n) is 12.5. The highest BCUT2D eigenvalue weighted by molar-refractivity contribution is 6.38. The second kappa shape index (κ2) is 10.4. The second-order valence-electron chi connectivity index (χ2n) is 9.39. The van der Waals surface area contributed by atoms with Crippen LogP contribution in [0.2, 0.25) is 5.02 Å². The van der Waals surface area contributed by atoms with Crippen LogP contribution in [0.5, 0.6) is 0 Å². The molecule has 0 radical (unpaired) electrons. The number of hydrogen-bond donors (Lipinski definition) is 1. The summed E-state index contributed by atoms with van der Waals surface area (Å²) in [5.74, 6) is -1.25. The molecule has 0 saturated carbocycles. The zero-order valence-corrected chi connectivity index (χ0v) is 21.9. The Morgan fingerprint density at radius 3 is 2.45 bits per heavy atom. The monoisotopic (exact) mass is 559 g/mol. The van der Waals surface area contributed by atoms with E-state index in [4.69, 9.17) is 11.6 Å². The van der Waals surface area contributed by atoms with E-state index in [0.29, 0.717) is 38.4 Å². The molecule has 1 saturated heterocycles. The van der Waals surface area contributed by atoms with Crippen LogP contribution in [-0.4, -0.2) is 61.6 Å². The maximum atomic E-state index is 15.6. The summed E-state index contributed by atoms with van der Waals surface area (Å²) in [5, 5.41) is 13.8. The zero-order chi connectivity index (χ0) is 27.8. The number of carbonyl (C=O) groups is 1. The summed E-state index contributed by atoms with van der Waals surface area (Å²) in [5.41, 5.74) is 0.634. The topological polar surface area (TPSA) is 109 Å². The molecule has 0 bridgehead atoms. The van der Waals surface area contributed by atoms with E-state index in [1.807, 2.05) is 35.2 Å². The summed E-state index contributed by atoms with van der Waals surface area (Å²) in [6.45, 7) is 2.65. The lowest BCUT2D eigenvalue weighted by atomic mass is 10.1. The van der Waals surface area contributed by atoms with Gasteiger partial charge >= 0.3 is 5.97 Å². The van der Waals surface area contributed by atoms with Crippen molar-refractivity contribution in [2.24, 2.45) is 0 Å². The van der Waals surface area contributed by atoms with Gasteiger partial charge in [0.1, 0.15) is 29.9 Å². The smallest absolute Gasteiger partial charge is 0.341 e. The Morgan fingerprint density at radius 2 is 1.80 bits per heavy atom. The van der Waals surface area contributed by atoms with Gasteiger partial charge in [0.15, 0.2) is 0 Å². The van der Waals surface area contributed by atoms with Gasteiger partial charge in [-0.3, -0.25) is 4.79 Å². The van der Waals surface area contributed by atoms with Gasteiger partial charge in [-0.15, -0.1) is 0 Å². The SMILES string of the molecule is O=C(O)c1cn(-c2ccc(Cn3cncn3)cc2)c2c(Cl)c(N3CCN(c4ccccn4)CC3)c(F)cc2c1=O. The van der Waals surface area contributed by atoms with Crippen molar-refractivity contribution in [3.05, 3.63) is 106 Å². The van der Waals surface area contributed by atoms with Crippen LogP contribution in [0.4, 0.5) is 15.9 Å². The molecule has 0 spiro atoms. The molecule has 1 aliphatic rings. The standard InChI is InChI=1S/C28H23ClFN7O3/c29-24-25-20(13-22(30)26(24)35-11-9-34(10-12-35)23-3-1-2-8-32-23)27(38)21(28(39)40)15-37(25)19-6-4-18(5-7-19)14-36-17-31-16-33-36/h1-8,13,15-17H,9-12,14H2,(H,39,40). The molecular formula is C28H23ClFN7O3. The van der Waals surface area contributed by atoms with Gasteiger partial charge in [0, 0.05) is 44.3 Å². The Kier molecular flexibility index (Phi) is 6.64. The molecule has 10 nitrogen and oxygen atoms in total. The molecule has 0 amide bonds. The molecule has 0 unspecified atom stereocenters. The minimum atomic E-state index is -1.41. The summed E-state index contributed by atoms with van der Waals surface area (Å²) >= 11 is 6.89. The number of rotatable bonds is 6. The third-order valence-electron chi connectivity index (χ3n) is 6.98. The Morgan fingerprint density at radius 1 is 1.05 bits per heavy atom. The summed E-state index contributed by atoms with van der Waals surface area (Å²) < 4.78 is 18.8. The number of nitrogens with zero attached hydrogens (tertiary/aromatic N) is 7. The molecule has 12 heteroatoms. The molecule has 6 rings (SSSR count). The molecule has 4 heterocycles. The van der Waals surface area contributed by atoms with Crippen molar-refractivity contribution < 1.29 is 14.3 Å². The fourth-order valence-corrected chi connectivity index (χ4v) is 5.42. The Bertz CT molecular complexity index is 1750. The number of piperazine rings is 1. The van der Waals surface area contributed by atoms with Crippen LogP contribution in [0, 0.1) is 5.82 Å². The largest absolute Gasteiger partial charge is 0.477 e. The average molecular weight is 560 g/mol. The van der Waals surface area contributed by atoms with Crippen molar-refractivity contribution in [1.29, 1.82) is 0 Å². The number of fused-ring (bicyclic) bond motifs is 1. The van der Waals surface area contributed by atoms with Crippen LogP contribution in [0.1, 0.15) is 15.9 Å². The number of halogens is 2. The third-order valence-corrected chi connectivity index (χ3v) is 7.34. The number of aromatic carboxylic acids is 1. The summed E-state index contributed by atoms with van der Waals surface area (Å²) in [4.78, 5) is 37.3.